The zero-order valence-corrected chi connectivity index (χ0v) is 13.6. The first-order chi connectivity index (χ1) is 10.6. The number of hydrogen-bond acceptors (Lipinski definition) is 5. The van der Waals surface area contributed by atoms with Crippen molar-refractivity contribution in [3.63, 3.8) is 0 Å². The molecule has 0 aliphatic heterocycles. The Bertz CT molecular complexity index is 620. The topological polar surface area (TPSA) is 73.0 Å². The maximum Gasteiger partial charge on any atom is 0.230 e. The fourth-order valence-electron chi connectivity index (χ4n) is 1.88. The third-order valence-corrected chi connectivity index (χ3v) is 3.75. The van der Waals surface area contributed by atoms with Crippen molar-refractivity contribution >= 4 is 17.7 Å². The van der Waals surface area contributed by atoms with Gasteiger partial charge in [0.25, 0.3) is 0 Å². The molecule has 118 valence electrons. The SMILES string of the molecule is C=CCNC(=O)CSc1nnc(-c2ccco2)n1CC(C)C. The molecule has 0 fully saturated rings. The highest BCUT2D eigenvalue weighted by atomic mass is 32.2. The fourth-order valence-corrected chi connectivity index (χ4v) is 2.66. The first kappa shape index (κ1) is 16.4. The van der Waals surface area contributed by atoms with E-state index in [4.69, 9.17) is 4.42 Å². The molecular weight excluding hydrogens is 300 g/mol. The lowest BCUT2D eigenvalue weighted by atomic mass is 10.2. The predicted octanol–water partition coefficient (Wildman–Crippen LogP) is 2.59. The Kier molecular flexibility index (Phi) is 5.83. The molecule has 0 aromatic carbocycles. The minimum Gasteiger partial charge on any atom is -0.461 e. The highest BCUT2D eigenvalue weighted by Crippen LogP contribution is 2.25. The summed E-state index contributed by atoms with van der Waals surface area (Å²) in [5, 5.41) is 11.9. The smallest absolute Gasteiger partial charge is 0.230 e. The van der Waals surface area contributed by atoms with Crippen LogP contribution < -0.4 is 5.32 Å². The van der Waals surface area contributed by atoms with Gasteiger partial charge >= 0.3 is 0 Å². The minimum atomic E-state index is -0.0523. The Morgan fingerprint density at radius 1 is 1.55 bits per heavy atom. The van der Waals surface area contributed by atoms with Crippen molar-refractivity contribution in [1.29, 1.82) is 0 Å². The monoisotopic (exact) mass is 320 g/mol. The lowest BCUT2D eigenvalue weighted by Crippen LogP contribution is -2.25. The molecule has 0 atom stereocenters. The molecule has 0 aliphatic carbocycles. The Labute approximate surface area is 134 Å². The van der Waals surface area contributed by atoms with Gasteiger partial charge in [-0.1, -0.05) is 31.7 Å². The van der Waals surface area contributed by atoms with Crippen LogP contribution in [0.15, 0.2) is 40.6 Å². The van der Waals surface area contributed by atoms with E-state index in [-0.39, 0.29) is 5.91 Å². The van der Waals surface area contributed by atoms with Crippen LogP contribution in [0, 0.1) is 5.92 Å². The van der Waals surface area contributed by atoms with Gasteiger partial charge in [-0.05, 0) is 18.1 Å². The van der Waals surface area contributed by atoms with Gasteiger partial charge in [0, 0.05) is 13.1 Å². The van der Waals surface area contributed by atoms with Gasteiger partial charge in [-0.25, -0.2) is 0 Å². The van der Waals surface area contributed by atoms with Crippen molar-refractivity contribution in [3.05, 3.63) is 31.1 Å². The number of furan rings is 1. The number of amides is 1. The summed E-state index contributed by atoms with van der Waals surface area (Å²) in [7, 11) is 0. The van der Waals surface area contributed by atoms with E-state index < -0.39 is 0 Å². The quantitative estimate of drug-likeness (QED) is 0.598. The summed E-state index contributed by atoms with van der Waals surface area (Å²) in [4.78, 5) is 11.7. The third-order valence-electron chi connectivity index (χ3n) is 2.78. The fraction of sp³-hybridized carbons (Fsp3) is 0.400. The molecule has 0 bridgehead atoms. The van der Waals surface area contributed by atoms with Gasteiger partial charge in [0.15, 0.2) is 16.7 Å². The summed E-state index contributed by atoms with van der Waals surface area (Å²) < 4.78 is 7.41. The van der Waals surface area contributed by atoms with Crippen LogP contribution in [0.5, 0.6) is 0 Å². The molecule has 7 heteroatoms. The zero-order valence-electron chi connectivity index (χ0n) is 12.8. The molecule has 2 rings (SSSR count). The van der Waals surface area contributed by atoms with E-state index in [2.05, 4.69) is 35.9 Å². The molecule has 2 heterocycles. The largest absolute Gasteiger partial charge is 0.461 e. The van der Waals surface area contributed by atoms with E-state index in [1.54, 1.807) is 12.3 Å². The van der Waals surface area contributed by atoms with Gasteiger partial charge in [-0.2, -0.15) is 0 Å². The van der Waals surface area contributed by atoms with E-state index in [0.29, 0.717) is 35.0 Å². The first-order valence-corrected chi connectivity index (χ1v) is 8.07. The van der Waals surface area contributed by atoms with Gasteiger partial charge in [-0.15, -0.1) is 16.8 Å². The van der Waals surface area contributed by atoms with Gasteiger partial charge < -0.3 is 9.73 Å². The van der Waals surface area contributed by atoms with Crippen LogP contribution in [0.1, 0.15) is 13.8 Å². The Hall–Kier alpha value is -2.02. The maximum atomic E-state index is 11.7. The van der Waals surface area contributed by atoms with Crippen LogP contribution in [0.25, 0.3) is 11.6 Å². The normalized spacial score (nSPS) is 10.9. The van der Waals surface area contributed by atoms with E-state index >= 15 is 0 Å². The van der Waals surface area contributed by atoms with Crippen molar-refractivity contribution in [2.24, 2.45) is 5.92 Å². The van der Waals surface area contributed by atoms with E-state index in [1.807, 2.05) is 16.7 Å². The maximum absolute atomic E-state index is 11.7. The lowest BCUT2D eigenvalue weighted by molar-refractivity contribution is -0.118. The molecule has 2 aromatic heterocycles. The Morgan fingerprint density at radius 2 is 2.36 bits per heavy atom. The number of carbonyl (C=O) groups is 1. The van der Waals surface area contributed by atoms with Gasteiger partial charge in [0.05, 0.1) is 12.0 Å². The molecule has 1 amide bonds. The molecule has 1 N–H and O–H groups in total. The molecule has 22 heavy (non-hydrogen) atoms. The van der Waals surface area contributed by atoms with Crippen LogP contribution >= 0.6 is 11.8 Å². The van der Waals surface area contributed by atoms with Crippen molar-refractivity contribution in [3.8, 4) is 11.6 Å². The van der Waals surface area contributed by atoms with Crippen molar-refractivity contribution in [2.75, 3.05) is 12.3 Å². The van der Waals surface area contributed by atoms with Crippen LogP contribution in [-0.4, -0.2) is 33.0 Å². The average Bonchev–Trinajstić information content (AvgIpc) is 3.12. The van der Waals surface area contributed by atoms with Crippen molar-refractivity contribution in [2.45, 2.75) is 25.5 Å². The van der Waals surface area contributed by atoms with Crippen molar-refractivity contribution in [1.82, 2.24) is 20.1 Å². The number of hydrogen-bond donors (Lipinski definition) is 1. The lowest BCUT2D eigenvalue weighted by Gasteiger charge is -2.11. The predicted molar refractivity (Wildman–Crippen MR) is 86.5 cm³/mol. The molecule has 0 unspecified atom stereocenters. The van der Waals surface area contributed by atoms with Gasteiger partial charge in [-0.3, -0.25) is 9.36 Å². The second kappa shape index (κ2) is 7.84. The van der Waals surface area contributed by atoms with Crippen LogP contribution in [0.3, 0.4) is 0 Å². The second-order valence-corrected chi connectivity index (χ2v) is 6.11. The summed E-state index contributed by atoms with van der Waals surface area (Å²) in [5.41, 5.74) is 0. The summed E-state index contributed by atoms with van der Waals surface area (Å²) in [6.45, 7) is 9.05. The number of carbonyl (C=O) groups excluding carboxylic acids is 1. The number of rotatable bonds is 8. The first-order valence-electron chi connectivity index (χ1n) is 7.09. The number of aromatic nitrogens is 3. The van der Waals surface area contributed by atoms with Crippen LogP contribution in [0.4, 0.5) is 0 Å². The highest BCUT2D eigenvalue weighted by Gasteiger charge is 2.17. The van der Waals surface area contributed by atoms with E-state index in [9.17, 15) is 4.79 Å². The summed E-state index contributed by atoms with van der Waals surface area (Å²) >= 11 is 1.37. The minimum absolute atomic E-state index is 0.0523. The van der Waals surface area contributed by atoms with Gasteiger partial charge in [0.1, 0.15) is 0 Å². The Morgan fingerprint density at radius 3 is 3.00 bits per heavy atom. The van der Waals surface area contributed by atoms with Crippen LogP contribution in [-0.2, 0) is 11.3 Å². The van der Waals surface area contributed by atoms with E-state index in [1.165, 1.54) is 11.8 Å². The molecule has 6 nitrogen and oxygen atoms in total. The molecule has 0 aliphatic rings. The molecule has 0 saturated heterocycles. The second-order valence-electron chi connectivity index (χ2n) is 5.17. The van der Waals surface area contributed by atoms with Crippen LogP contribution in [0.2, 0.25) is 0 Å². The Balaban J connectivity index is 2.13. The summed E-state index contributed by atoms with van der Waals surface area (Å²) in [6, 6.07) is 3.67. The average molecular weight is 320 g/mol. The summed E-state index contributed by atoms with van der Waals surface area (Å²) in [5.74, 6) is 2.04. The number of nitrogens with one attached hydrogen (secondary N) is 1. The molecule has 0 spiro atoms. The molecular formula is C15H20N4O2S. The number of nitrogens with zero attached hydrogens (tertiary/aromatic N) is 3. The standard InChI is InChI=1S/C15H20N4O2S/c1-4-7-16-13(20)10-22-15-18-17-14(12-6-5-8-21-12)19(15)9-11(2)3/h4-6,8,11H,1,7,9-10H2,2-3H3,(H,16,20). The summed E-state index contributed by atoms with van der Waals surface area (Å²) in [6.07, 6.45) is 3.26. The van der Waals surface area contributed by atoms with Gasteiger partial charge in [0.2, 0.25) is 5.91 Å². The molecule has 0 saturated carbocycles. The molecule has 2 aromatic rings. The molecule has 0 radical (unpaired) electrons. The van der Waals surface area contributed by atoms with E-state index in [0.717, 1.165) is 6.54 Å². The van der Waals surface area contributed by atoms with Crippen molar-refractivity contribution < 1.29 is 9.21 Å². The zero-order chi connectivity index (χ0) is 15.9. The highest BCUT2D eigenvalue weighted by molar-refractivity contribution is 7.99. The third kappa shape index (κ3) is 4.24. The number of thioether (sulfide) groups is 1.